The molecule has 0 saturated carbocycles. The van der Waals surface area contributed by atoms with E-state index >= 15 is 0 Å². The average molecular weight is 453 g/mol. The van der Waals surface area contributed by atoms with E-state index in [0.29, 0.717) is 6.54 Å². The van der Waals surface area contributed by atoms with Crippen molar-refractivity contribution in [1.82, 2.24) is 9.80 Å². The monoisotopic (exact) mass is 453 g/mol. The SMILES string of the molecule is O=C1C2C=CC=CC2C(=O)N1CCCCN1CCC(C2=[CH][In][CH]=C2)CC1. The normalized spacial score (nSPS) is 28.6. The summed E-state index contributed by atoms with van der Waals surface area (Å²) in [6, 6.07) is 0. The van der Waals surface area contributed by atoms with Gasteiger partial charge in [-0.2, -0.15) is 0 Å². The van der Waals surface area contributed by atoms with E-state index in [1.165, 1.54) is 30.8 Å². The third-order valence-corrected chi connectivity index (χ3v) is 8.92. The van der Waals surface area contributed by atoms with Crippen LogP contribution in [-0.4, -0.2) is 70.7 Å². The first-order valence-electron chi connectivity index (χ1n) is 9.88. The molecule has 2 fully saturated rings. The molecule has 2 atom stereocenters. The first-order chi connectivity index (χ1) is 12.7. The van der Waals surface area contributed by atoms with E-state index in [1.54, 1.807) is 5.57 Å². The number of piperidine rings is 1. The van der Waals surface area contributed by atoms with Crippen LogP contribution in [0.5, 0.6) is 0 Å². The van der Waals surface area contributed by atoms with Crippen LogP contribution in [0.15, 0.2) is 43.6 Å². The van der Waals surface area contributed by atoms with E-state index in [9.17, 15) is 9.59 Å². The van der Waals surface area contributed by atoms with Gasteiger partial charge in [0.2, 0.25) is 0 Å². The summed E-state index contributed by atoms with van der Waals surface area (Å²) in [5, 5.41) is 0. The number of nitrogens with zero attached hydrogens (tertiary/aromatic N) is 2. The van der Waals surface area contributed by atoms with Gasteiger partial charge in [0.1, 0.15) is 0 Å². The summed E-state index contributed by atoms with van der Waals surface area (Å²) in [4.78, 5) is 28.9. The minimum atomic E-state index is -0.445. The van der Waals surface area contributed by atoms with Crippen molar-refractivity contribution >= 4 is 34.7 Å². The van der Waals surface area contributed by atoms with Gasteiger partial charge in [-0.25, -0.2) is 0 Å². The molecule has 2 saturated heterocycles. The molecule has 0 aromatic heterocycles. The second-order valence-electron chi connectivity index (χ2n) is 7.69. The summed E-state index contributed by atoms with van der Waals surface area (Å²) >= 11 is -0.445. The van der Waals surface area contributed by atoms with Crippen LogP contribution >= 0.6 is 0 Å². The Balaban J connectivity index is 1.17. The Kier molecular flexibility index (Phi) is 5.84. The van der Waals surface area contributed by atoms with Gasteiger partial charge in [0.15, 0.2) is 0 Å². The molecule has 5 heteroatoms. The number of unbranched alkanes of at least 4 members (excludes halogenated alkanes) is 1. The summed E-state index contributed by atoms with van der Waals surface area (Å²) < 4.78 is 5.00. The number of carbonyl (C=O) groups excluding carboxylic acids is 2. The molecule has 3 heterocycles. The Morgan fingerprint density at radius 1 is 0.962 bits per heavy atom. The van der Waals surface area contributed by atoms with Gasteiger partial charge in [-0.15, -0.1) is 0 Å². The Morgan fingerprint density at radius 3 is 2.23 bits per heavy atom. The van der Waals surface area contributed by atoms with Crippen LogP contribution in [0, 0.1) is 17.8 Å². The Bertz CT molecular complexity index is 656. The van der Waals surface area contributed by atoms with Crippen molar-refractivity contribution in [1.29, 1.82) is 0 Å². The molecule has 2 amide bonds. The van der Waals surface area contributed by atoms with Gasteiger partial charge in [0, 0.05) is 0 Å². The molecule has 135 valence electrons. The van der Waals surface area contributed by atoms with Gasteiger partial charge in [-0.3, -0.25) is 9.59 Å². The number of likely N-dealkylation sites (tertiary alicyclic amines) is 2. The third kappa shape index (κ3) is 3.79. The molecule has 0 aromatic carbocycles. The summed E-state index contributed by atoms with van der Waals surface area (Å²) in [6.07, 6.45) is 14.4. The molecule has 0 bridgehead atoms. The maximum atomic E-state index is 12.4. The van der Waals surface area contributed by atoms with Gasteiger partial charge < -0.3 is 0 Å². The molecule has 4 rings (SSSR count). The zero-order valence-corrected chi connectivity index (χ0v) is 18.5. The fourth-order valence-corrected chi connectivity index (χ4v) is 7.52. The summed E-state index contributed by atoms with van der Waals surface area (Å²) in [6.45, 7) is 4.03. The fraction of sp³-hybridized carbons (Fsp3) is 0.524. The molecule has 26 heavy (non-hydrogen) atoms. The molecule has 0 spiro atoms. The molecule has 1 radical (unpaired) electrons. The van der Waals surface area contributed by atoms with E-state index in [0.717, 1.165) is 25.3 Å². The number of imide groups is 1. The molecular weight excluding hydrogens is 427 g/mol. The minimum absolute atomic E-state index is 0.0100. The van der Waals surface area contributed by atoms with Gasteiger partial charge >= 0.3 is 122 Å². The second-order valence-corrected chi connectivity index (χ2v) is 10.8. The standard InChI is InChI=1S/C21H26N2O2.In/c1-3-16(2)17-10-14-22(15-11-17)12-6-7-13-23-20(24)18-8-4-5-9-19(18)21(23)25;/h1-5,8-9,17-19H,6-7,10-15H2;. The number of carbonyl (C=O) groups is 2. The number of hydrogen-bond donors (Lipinski definition) is 0. The molecular formula is C21H26InN2O2. The number of fused-ring (bicyclic) bond motifs is 1. The number of allylic oxidation sites excluding steroid dienone is 4. The molecule has 4 aliphatic rings. The fourth-order valence-electron chi connectivity index (χ4n) is 4.52. The number of hydrogen-bond acceptors (Lipinski definition) is 3. The van der Waals surface area contributed by atoms with Crippen molar-refractivity contribution in [3.05, 3.63) is 43.6 Å². The Hall–Kier alpha value is -1.07. The van der Waals surface area contributed by atoms with E-state index in [2.05, 4.69) is 18.6 Å². The van der Waals surface area contributed by atoms with Gasteiger partial charge in [0.05, 0.1) is 11.8 Å². The topological polar surface area (TPSA) is 40.6 Å². The number of rotatable bonds is 6. The van der Waals surface area contributed by atoms with Crippen molar-refractivity contribution in [2.75, 3.05) is 26.2 Å². The third-order valence-electron chi connectivity index (χ3n) is 6.09. The second kappa shape index (κ2) is 8.30. The van der Waals surface area contributed by atoms with Crippen molar-refractivity contribution < 1.29 is 9.59 Å². The molecule has 0 N–H and O–H groups in total. The predicted molar refractivity (Wildman–Crippen MR) is 103 cm³/mol. The van der Waals surface area contributed by atoms with Crippen LogP contribution in [-0.2, 0) is 9.59 Å². The van der Waals surface area contributed by atoms with Gasteiger partial charge in [-0.05, 0) is 0 Å². The van der Waals surface area contributed by atoms with E-state index in [1.807, 2.05) is 24.3 Å². The van der Waals surface area contributed by atoms with Gasteiger partial charge in [0.25, 0.3) is 0 Å². The van der Waals surface area contributed by atoms with E-state index in [-0.39, 0.29) is 23.7 Å². The van der Waals surface area contributed by atoms with Crippen LogP contribution in [0.4, 0.5) is 0 Å². The van der Waals surface area contributed by atoms with Crippen molar-refractivity contribution in [3.63, 3.8) is 0 Å². The van der Waals surface area contributed by atoms with Crippen molar-refractivity contribution in [3.8, 4) is 0 Å². The zero-order chi connectivity index (χ0) is 17.9. The van der Waals surface area contributed by atoms with Crippen LogP contribution < -0.4 is 0 Å². The Labute approximate surface area is 167 Å². The molecule has 0 aromatic rings. The predicted octanol–water partition coefficient (Wildman–Crippen LogP) is 2.32. The van der Waals surface area contributed by atoms with E-state index < -0.39 is 22.9 Å². The van der Waals surface area contributed by atoms with Crippen LogP contribution in [0.2, 0.25) is 0 Å². The average Bonchev–Trinajstić information content (AvgIpc) is 3.29. The summed E-state index contributed by atoms with van der Waals surface area (Å²) in [5.74, 6) is 0.262. The number of amides is 2. The van der Waals surface area contributed by atoms with Crippen molar-refractivity contribution in [2.24, 2.45) is 17.8 Å². The summed E-state index contributed by atoms with van der Waals surface area (Å²) in [5.41, 5.74) is 1.63. The molecule has 2 unspecified atom stereocenters. The maximum absolute atomic E-state index is 12.4. The van der Waals surface area contributed by atoms with Crippen LogP contribution in [0.3, 0.4) is 0 Å². The van der Waals surface area contributed by atoms with Crippen LogP contribution in [0.1, 0.15) is 25.7 Å². The zero-order valence-electron chi connectivity index (χ0n) is 15.2. The van der Waals surface area contributed by atoms with Crippen molar-refractivity contribution in [2.45, 2.75) is 25.7 Å². The first kappa shape index (κ1) is 18.3. The van der Waals surface area contributed by atoms with E-state index in [4.69, 9.17) is 0 Å². The van der Waals surface area contributed by atoms with Gasteiger partial charge in [-0.1, -0.05) is 24.3 Å². The molecule has 4 nitrogen and oxygen atoms in total. The Morgan fingerprint density at radius 2 is 1.62 bits per heavy atom. The molecule has 3 aliphatic heterocycles. The summed E-state index contributed by atoms with van der Waals surface area (Å²) in [7, 11) is 0. The van der Waals surface area contributed by atoms with Crippen LogP contribution in [0.25, 0.3) is 0 Å². The molecule has 1 aliphatic carbocycles. The quantitative estimate of drug-likeness (QED) is 0.458. The first-order valence-corrected chi connectivity index (χ1v) is 13.7.